The Labute approximate surface area is 254 Å². The van der Waals surface area contributed by atoms with Crippen LogP contribution >= 0.6 is 11.8 Å². The molecule has 1 aromatic carbocycles. The zero-order chi connectivity index (χ0) is 29.6. The molecule has 2 unspecified atom stereocenters. The summed E-state index contributed by atoms with van der Waals surface area (Å²) >= 11 is 2.02. The Morgan fingerprint density at radius 2 is 1.86 bits per heavy atom. The SMILES string of the molecule is C=C1C(N(CC)C2CCSCC2)=CC(c2ccc(CN3CCOCC3)cc2)=CC1C(=O)NCC1C(=O)N=C(C)C=C1C. The number of dihydropyridines is 1. The number of likely N-dealkylation sites (N-methyl/N-ethyl adjacent to an activating group) is 1. The van der Waals surface area contributed by atoms with Gasteiger partial charge in [0.05, 0.1) is 25.0 Å². The molecule has 2 fully saturated rings. The highest BCUT2D eigenvalue weighted by Gasteiger charge is 2.33. The number of ether oxygens (including phenoxy) is 1. The Morgan fingerprint density at radius 1 is 1.14 bits per heavy atom. The van der Waals surface area contributed by atoms with E-state index in [1.165, 1.54) is 5.56 Å². The Morgan fingerprint density at radius 3 is 2.52 bits per heavy atom. The molecule has 0 aromatic heterocycles. The molecular weight excluding hydrogens is 544 g/mol. The molecule has 1 aromatic rings. The van der Waals surface area contributed by atoms with Crippen LogP contribution in [0, 0.1) is 11.8 Å². The molecule has 1 aliphatic carbocycles. The number of carbonyl (C=O) groups is 2. The van der Waals surface area contributed by atoms with Crippen molar-refractivity contribution in [3.8, 4) is 0 Å². The average molecular weight is 589 g/mol. The first-order valence-electron chi connectivity index (χ1n) is 15.3. The molecule has 8 heteroatoms. The van der Waals surface area contributed by atoms with E-state index in [-0.39, 0.29) is 18.4 Å². The third kappa shape index (κ3) is 7.16. The maximum atomic E-state index is 13.8. The molecule has 0 radical (unpaired) electrons. The van der Waals surface area contributed by atoms with Crippen LogP contribution in [0.4, 0.5) is 0 Å². The van der Waals surface area contributed by atoms with Gasteiger partial charge in [0.25, 0.3) is 5.91 Å². The van der Waals surface area contributed by atoms with Gasteiger partial charge in [0, 0.05) is 50.2 Å². The summed E-state index contributed by atoms with van der Waals surface area (Å²) in [5.41, 5.74) is 6.89. The second kappa shape index (κ2) is 14.0. The predicted molar refractivity (Wildman–Crippen MR) is 172 cm³/mol. The van der Waals surface area contributed by atoms with Crippen LogP contribution in [0.2, 0.25) is 0 Å². The van der Waals surface area contributed by atoms with Crippen molar-refractivity contribution in [2.24, 2.45) is 16.8 Å². The van der Waals surface area contributed by atoms with E-state index < -0.39 is 11.8 Å². The van der Waals surface area contributed by atoms with E-state index in [1.54, 1.807) is 0 Å². The quantitative estimate of drug-likeness (QED) is 0.444. The number of thioether (sulfide) groups is 1. The van der Waals surface area contributed by atoms with Crippen molar-refractivity contribution in [2.45, 2.75) is 46.2 Å². The predicted octanol–water partition coefficient (Wildman–Crippen LogP) is 4.87. The molecule has 0 spiro atoms. The van der Waals surface area contributed by atoms with Crippen molar-refractivity contribution in [1.29, 1.82) is 0 Å². The Kier molecular flexibility index (Phi) is 10.2. The number of nitrogens with one attached hydrogen (secondary N) is 1. The highest BCUT2D eigenvalue weighted by atomic mass is 32.2. The van der Waals surface area contributed by atoms with Gasteiger partial charge in [-0.15, -0.1) is 0 Å². The van der Waals surface area contributed by atoms with Gasteiger partial charge in [-0.1, -0.05) is 42.5 Å². The minimum atomic E-state index is -0.520. The molecular formula is C34H44N4O3S. The highest BCUT2D eigenvalue weighted by molar-refractivity contribution is 7.99. The molecule has 2 atom stereocenters. The van der Waals surface area contributed by atoms with Gasteiger partial charge < -0.3 is 15.0 Å². The third-order valence-electron chi connectivity index (χ3n) is 8.76. The summed E-state index contributed by atoms with van der Waals surface area (Å²) < 4.78 is 5.50. The van der Waals surface area contributed by atoms with Gasteiger partial charge in [-0.3, -0.25) is 14.5 Å². The van der Waals surface area contributed by atoms with Crippen LogP contribution in [0.3, 0.4) is 0 Å². The Balaban J connectivity index is 1.39. The van der Waals surface area contributed by atoms with Gasteiger partial charge in [-0.25, -0.2) is 4.99 Å². The number of hydrogen-bond donors (Lipinski definition) is 1. The molecule has 7 nitrogen and oxygen atoms in total. The van der Waals surface area contributed by atoms with Gasteiger partial charge in [0.15, 0.2) is 0 Å². The van der Waals surface area contributed by atoms with E-state index in [2.05, 4.69) is 64.0 Å². The maximum Gasteiger partial charge on any atom is 0.254 e. The summed E-state index contributed by atoms with van der Waals surface area (Å²) in [4.78, 5) is 35.3. The summed E-state index contributed by atoms with van der Waals surface area (Å²) in [6.45, 7) is 15.9. The Bertz CT molecular complexity index is 1300. The zero-order valence-corrected chi connectivity index (χ0v) is 26.0. The molecule has 42 heavy (non-hydrogen) atoms. The average Bonchev–Trinajstić information content (AvgIpc) is 2.99. The first-order valence-corrected chi connectivity index (χ1v) is 16.4. The smallest absolute Gasteiger partial charge is 0.254 e. The standard InChI is InChI=1S/C34H44N4O3S/c1-5-38(29-10-16-42-17-11-29)32-20-28(27-8-6-26(7-9-27)22-37-12-14-41-15-13-37)19-30(25(32)4)33(39)35-21-31-23(2)18-24(3)36-34(31)40/h6-9,18-20,29-31H,4-5,10-17,21-22H2,1-3H3,(H,35,39). The first kappa shape index (κ1) is 30.5. The van der Waals surface area contributed by atoms with Crippen LogP contribution in [-0.4, -0.2) is 84.3 Å². The fourth-order valence-corrected chi connectivity index (χ4v) is 7.40. The molecule has 3 aliphatic heterocycles. The normalized spacial score (nSPS) is 24.0. The minimum absolute atomic E-state index is 0.130. The summed E-state index contributed by atoms with van der Waals surface area (Å²) in [5, 5.41) is 3.07. The van der Waals surface area contributed by atoms with Crippen LogP contribution in [0.1, 0.15) is 44.7 Å². The summed E-state index contributed by atoms with van der Waals surface area (Å²) in [6.07, 6.45) is 8.44. The van der Waals surface area contributed by atoms with Crippen LogP contribution in [0.15, 0.2) is 70.9 Å². The monoisotopic (exact) mass is 588 g/mol. The number of carbonyl (C=O) groups excluding carboxylic acids is 2. The molecule has 2 saturated heterocycles. The van der Waals surface area contributed by atoms with Crippen molar-refractivity contribution in [3.05, 3.63) is 77.0 Å². The van der Waals surface area contributed by atoms with Gasteiger partial charge in [-0.2, -0.15) is 11.8 Å². The second-order valence-electron chi connectivity index (χ2n) is 11.6. The van der Waals surface area contributed by atoms with Crippen LogP contribution in [-0.2, 0) is 20.9 Å². The maximum absolute atomic E-state index is 13.8. The number of allylic oxidation sites excluding steroid dienone is 4. The summed E-state index contributed by atoms with van der Waals surface area (Å²) in [7, 11) is 0. The summed E-state index contributed by atoms with van der Waals surface area (Å²) in [5.74, 6) is 1.03. The molecule has 4 aliphatic rings. The van der Waals surface area contributed by atoms with Gasteiger partial charge in [0.1, 0.15) is 0 Å². The fourth-order valence-electron chi connectivity index (χ4n) is 6.32. The number of benzene rings is 1. The van der Waals surface area contributed by atoms with Crippen molar-refractivity contribution < 1.29 is 14.3 Å². The molecule has 224 valence electrons. The topological polar surface area (TPSA) is 74.2 Å². The van der Waals surface area contributed by atoms with Gasteiger partial charge in [0.2, 0.25) is 5.91 Å². The van der Waals surface area contributed by atoms with E-state index in [1.807, 2.05) is 37.8 Å². The number of amides is 2. The number of morpholine rings is 1. The van der Waals surface area contributed by atoms with Crippen LogP contribution in [0.5, 0.6) is 0 Å². The number of rotatable bonds is 9. The van der Waals surface area contributed by atoms with Crippen LogP contribution in [0.25, 0.3) is 5.57 Å². The molecule has 0 bridgehead atoms. The lowest BCUT2D eigenvalue weighted by Gasteiger charge is -2.40. The van der Waals surface area contributed by atoms with Crippen molar-refractivity contribution in [1.82, 2.24) is 15.1 Å². The molecule has 3 heterocycles. The lowest BCUT2D eigenvalue weighted by Crippen LogP contribution is -2.42. The first-order chi connectivity index (χ1) is 20.3. The third-order valence-corrected chi connectivity index (χ3v) is 9.80. The van der Waals surface area contributed by atoms with Crippen molar-refractivity contribution >= 4 is 34.9 Å². The second-order valence-corrected chi connectivity index (χ2v) is 12.9. The minimum Gasteiger partial charge on any atom is -0.379 e. The highest BCUT2D eigenvalue weighted by Crippen LogP contribution is 2.37. The molecule has 0 saturated carbocycles. The van der Waals surface area contributed by atoms with E-state index in [0.29, 0.717) is 11.8 Å². The summed E-state index contributed by atoms with van der Waals surface area (Å²) in [6, 6.07) is 9.16. The van der Waals surface area contributed by atoms with Crippen molar-refractivity contribution in [3.63, 3.8) is 0 Å². The molecule has 1 N–H and O–H groups in total. The Hall–Kier alpha value is -2.94. The lowest BCUT2D eigenvalue weighted by molar-refractivity contribution is -0.123. The van der Waals surface area contributed by atoms with E-state index in [9.17, 15) is 9.59 Å². The van der Waals surface area contributed by atoms with E-state index in [4.69, 9.17) is 4.74 Å². The van der Waals surface area contributed by atoms with Crippen LogP contribution < -0.4 is 5.32 Å². The van der Waals surface area contributed by atoms with E-state index >= 15 is 0 Å². The number of nitrogens with zero attached hydrogens (tertiary/aromatic N) is 3. The zero-order valence-electron chi connectivity index (χ0n) is 25.2. The number of hydrogen-bond acceptors (Lipinski definition) is 6. The van der Waals surface area contributed by atoms with Gasteiger partial charge >= 0.3 is 0 Å². The van der Waals surface area contributed by atoms with Gasteiger partial charge in [-0.05, 0) is 79.5 Å². The largest absolute Gasteiger partial charge is 0.379 e. The fraction of sp³-hybridized carbons (Fsp3) is 0.500. The molecule has 5 rings (SSSR count). The lowest BCUT2D eigenvalue weighted by atomic mass is 9.84. The van der Waals surface area contributed by atoms with E-state index in [0.717, 1.165) is 91.7 Å². The number of aliphatic imine (C=N–C) groups is 1. The molecule has 2 amide bonds. The van der Waals surface area contributed by atoms with Crippen molar-refractivity contribution in [2.75, 3.05) is 50.9 Å².